The van der Waals surface area contributed by atoms with Gasteiger partial charge in [0.15, 0.2) is 0 Å². The summed E-state index contributed by atoms with van der Waals surface area (Å²) in [4.78, 5) is 52.4. The van der Waals surface area contributed by atoms with Crippen molar-refractivity contribution in [1.82, 2.24) is 14.9 Å². The number of aromatic nitrogens is 2. The number of rotatable bonds is 3. The second kappa shape index (κ2) is 7.22. The molecular weight excluding hydrogens is 429 g/mol. The Morgan fingerprint density at radius 2 is 1.62 bits per heavy atom. The van der Waals surface area contributed by atoms with Crippen LogP contribution in [0.3, 0.4) is 0 Å². The molecule has 0 aliphatic carbocycles. The third-order valence-electron chi connectivity index (χ3n) is 5.18. The molecule has 0 saturated carbocycles. The summed E-state index contributed by atoms with van der Waals surface area (Å²) in [5.74, 6) is -3.59. The second-order valence-corrected chi connectivity index (χ2v) is 7.13. The number of H-pyrrole nitrogens is 1. The summed E-state index contributed by atoms with van der Waals surface area (Å²) < 4.78 is 44.0. The second-order valence-electron chi connectivity index (χ2n) is 7.13. The van der Waals surface area contributed by atoms with Crippen LogP contribution in [0.25, 0.3) is 5.69 Å². The van der Waals surface area contributed by atoms with Crippen molar-refractivity contribution in [2.24, 2.45) is 0 Å². The summed E-state index contributed by atoms with van der Waals surface area (Å²) in [6, 6.07) is 13.2. The Morgan fingerprint density at radius 3 is 2.25 bits per heavy atom. The SMILES string of the molecule is Cc1ccccc1-n1c2c(c(=O)[nH]c1=O)C(NC(=O)c1ccccc1)(C(F)(F)F)C(=O)N2. The first-order valence-electron chi connectivity index (χ1n) is 9.29. The molecule has 1 aliphatic rings. The number of alkyl halides is 3. The average molecular weight is 444 g/mol. The van der Waals surface area contributed by atoms with Gasteiger partial charge in [-0.3, -0.25) is 19.4 Å². The maximum absolute atomic E-state index is 14.4. The van der Waals surface area contributed by atoms with Crippen LogP contribution in [0.1, 0.15) is 21.5 Å². The van der Waals surface area contributed by atoms with Crippen LogP contribution in [-0.2, 0) is 10.3 Å². The van der Waals surface area contributed by atoms with Crippen molar-refractivity contribution >= 4 is 17.6 Å². The predicted molar refractivity (Wildman–Crippen MR) is 108 cm³/mol. The molecule has 164 valence electrons. The van der Waals surface area contributed by atoms with Crippen LogP contribution in [0.2, 0.25) is 0 Å². The first-order valence-corrected chi connectivity index (χ1v) is 9.29. The van der Waals surface area contributed by atoms with E-state index in [0.29, 0.717) is 5.56 Å². The molecule has 0 radical (unpaired) electrons. The highest BCUT2D eigenvalue weighted by Crippen LogP contribution is 2.45. The number of anilines is 1. The van der Waals surface area contributed by atoms with Crippen molar-refractivity contribution in [3.63, 3.8) is 0 Å². The molecule has 2 aromatic carbocycles. The van der Waals surface area contributed by atoms with Gasteiger partial charge in [0.2, 0.25) is 0 Å². The summed E-state index contributed by atoms with van der Waals surface area (Å²) in [6.07, 6.45) is -5.41. The maximum atomic E-state index is 14.4. The topological polar surface area (TPSA) is 113 Å². The third kappa shape index (κ3) is 3.01. The Morgan fingerprint density at radius 1 is 1.00 bits per heavy atom. The van der Waals surface area contributed by atoms with Gasteiger partial charge in [0.1, 0.15) is 11.4 Å². The molecular formula is C21H15F3N4O4. The Bertz CT molecular complexity index is 1360. The number of benzene rings is 2. The van der Waals surface area contributed by atoms with Crippen molar-refractivity contribution in [3.8, 4) is 5.69 Å². The molecule has 4 rings (SSSR count). The van der Waals surface area contributed by atoms with Crippen LogP contribution in [-0.4, -0.2) is 27.5 Å². The number of para-hydroxylation sites is 1. The van der Waals surface area contributed by atoms with Gasteiger partial charge in [-0.2, -0.15) is 13.2 Å². The molecule has 0 fully saturated rings. The number of carbonyl (C=O) groups is 2. The monoisotopic (exact) mass is 444 g/mol. The molecule has 2 amide bonds. The van der Waals surface area contributed by atoms with E-state index in [1.54, 1.807) is 30.4 Å². The lowest BCUT2D eigenvalue weighted by molar-refractivity contribution is -0.196. The van der Waals surface area contributed by atoms with E-state index in [1.807, 2.05) is 10.3 Å². The molecule has 1 atom stereocenters. The minimum Gasteiger partial charge on any atom is -0.326 e. The molecule has 2 heterocycles. The fourth-order valence-corrected chi connectivity index (χ4v) is 3.65. The van der Waals surface area contributed by atoms with Crippen LogP contribution in [0.5, 0.6) is 0 Å². The lowest BCUT2D eigenvalue weighted by atomic mass is 9.91. The van der Waals surface area contributed by atoms with Crippen molar-refractivity contribution in [2.75, 3.05) is 5.32 Å². The number of nitrogens with zero attached hydrogens (tertiary/aromatic N) is 1. The number of nitrogens with one attached hydrogen (secondary N) is 3. The average Bonchev–Trinajstić information content (AvgIpc) is 3.03. The Balaban J connectivity index is 2.01. The van der Waals surface area contributed by atoms with E-state index in [9.17, 15) is 32.3 Å². The van der Waals surface area contributed by atoms with E-state index in [0.717, 1.165) is 4.57 Å². The van der Waals surface area contributed by atoms with E-state index in [2.05, 4.69) is 0 Å². The molecule has 1 aromatic heterocycles. The van der Waals surface area contributed by atoms with Crippen LogP contribution in [0.4, 0.5) is 19.0 Å². The predicted octanol–water partition coefficient (Wildman–Crippen LogP) is 1.97. The van der Waals surface area contributed by atoms with Gasteiger partial charge in [-0.15, -0.1) is 0 Å². The number of aryl methyl sites for hydroxylation is 1. The highest BCUT2D eigenvalue weighted by Gasteiger charge is 2.68. The van der Waals surface area contributed by atoms with Gasteiger partial charge < -0.3 is 10.6 Å². The highest BCUT2D eigenvalue weighted by atomic mass is 19.4. The van der Waals surface area contributed by atoms with Gasteiger partial charge in [0, 0.05) is 5.56 Å². The number of aromatic amines is 1. The number of fused-ring (bicyclic) bond motifs is 1. The quantitative estimate of drug-likeness (QED) is 0.573. The zero-order valence-corrected chi connectivity index (χ0v) is 16.4. The Kier molecular flexibility index (Phi) is 4.76. The standard InChI is InChI=1S/C21H15F3N4O4/c1-11-7-5-6-10-13(11)28-15-14(17(30)26-19(28)32)20(18(31)25-15,21(22,23)24)27-16(29)12-8-3-2-4-9-12/h2-10H,1H3,(H,25,31)(H,27,29)(H,26,30,32). The summed E-state index contributed by atoms with van der Waals surface area (Å²) in [5, 5.41) is 3.69. The number of carbonyl (C=O) groups excluding carboxylic acids is 2. The third-order valence-corrected chi connectivity index (χ3v) is 5.18. The zero-order valence-electron chi connectivity index (χ0n) is 16.4. The first kappa shape index (κ1) is 21.1. The fraction of sp³-hybridized carbons (Fsp3) is 0.143. The zero-order chi connectivity index (χ0) is 23.3. The van der Waals surface area contributed by atoms with Crippen molar-refractivity contribution < 1.29 is 22.8 Å². The van der Waals surface area contributed by atoms with Crippen molar-refractivity contribution in [3.05, 3.63) is 92.1 Å². The van der Waals surface area contributed by atoms with Gasteiger partial charge >= 0.3 is 11.9 Å². The summed E-state index contributed by atoms with van der Waals surface area (Å²) in [7, 11) is 0. The summed E-state index contributed by atoms with van der Waals surface area (Å²) >= 11 is 0. The van der Waals surface area contributed by atoms with E-state index >= 15 is 0 Å². The van der Waals surface area contributed by atoms with Crippen LogP contribution in [0, 0.1) is 6.92 Å². The van der Waals surface area contributed by atoms with E-state index < -0.39 is 46.2 Å². The van der Waals surface area contributed by atoms with Gasteiger partial charge in [0.25, 0.3) is 22.9 Å². The maximum Gasteiger partial charge on any atom is 0.425 e. The van der Waals surface area contributed by atoms with Gasteiger partial charge in [-0.1, -0.05) is 36.4 Å². The lowest BCUT2D eigenvalue weighted by Crippen LogP contribution is -2.62. The number of hydrogen-bond donors (Lipinski definition) is 3. The van der Waals surface area contributed by atoms with E-state index in [1.165, 1.54) is 36.4 Å². The Hall–Kier alpha value is -4.15. The minimum absolute atomic E-state index is 0.151. The molecule has 1 unspecified atom stereocenters. The normalized spacial score (nSPS) is 17.6. The Labute approximate surface area is 177 Å². The van der Waals surface area contributed by atoms with Gasteiger partial charge in [-0.05, 0) is 30.7 Å². The largest absolute Gasteiger partial charge is 0.425 e. The smallest absolute Gasteiger partial charge is 0.326 e. The molecule has 8 nitrogen and oxygen atoms in total. The molecule has 11 heteroatoms. The minimum atomic E-state index is -5.41. The van der Waals surface area contributed by atoms with Crippen LogP contribution >= 0.6 is 0 Å². The van der Waals surface area contributed by atoms with E-state index in [4.69, 9.17) is 0 Å². The van der Waals surface area contributed by atoms with Crippen LogP contribution < -0.4 is 21.9 Å². The molecule has 3 aromatic rings. The number of amides is 2. The first-order chi connectivity index (χ1) is 15.1. The summed E-state index contributed by atoms with van der Waals surface area (Å²) in [6.45, 7) is 1.60. The molecule has 0 bridgehead atoms. The molecule has 32 heavy (non-hydrogen) atoms. The molecule has 0 saturated heterocycles. The van der Waals surface area contributed by atoms with E-state index in [-0.39, 0.29) is 11.3 Å². The number of hydrogen-bond acceptors (Lipinski definition) is 4. The lowest BCUT2D eigenvalue weighted by Gasteiger charge is -2.30. The van der Waals surface area contributed by atoms with Crippen LogP contribution in [0.15, 0.2) is 64.2 Å². The summed E-state index contributed by atoms with van der Waals surface area (Å²) in [5.41, 5.74) is -6.83. The van der Waals surface area contributed by atoms with Gasteiger partial charge in [-0.25, -0.2) is 9.36 Å². The van der Waals surface area contributed by atoms with Gasteiger partial charge in [0.05, 0.1) is 5.69 Å². The molecule has 1 aliphatic heterocycles. The van der Waals surface area contributed by atoms with Crippen molar-refractivity contribution in [1.29, 1.82) is 0 Å². The molecule has 3 N–H and O–H groups in total. The fourth-order valence-electron chi connectivity index (χ4n) is 3.65. The molecule has 0 spiro atoms. The van der Waals surface area contributed by atoms with Crippen molar-refractivity contribution in [2.45, 2.75) is 18.6 Å². The highest BCUT2D eigenvalue weighted by molar-refractivity contribution is 6.09. The number of halogens is 3.